The standard InChI is InChI=1S/C19H19NO3/c1-23-16-10-8-14-17-13(7-9-15(21)18(16)17)11-20(14)19(22)12-5-3-2-4-6-12/h2-6,8,10,13,15,21H,7,9,11H2,1H3. The first kappa shape index (κ1) is 14.3. The minimum Gasteiger partial charge on any atom is -0.496 e. The Bertz CT molecular complexity index is 757. The molecule has 0 radical (unpaired) electrons. The van der Waals surface area contributed by atoms with Gasteiger partial charge in [0, 0.05) is 29.3 Å². The van der Waals surface area contributed by atoms with Gasteiger partial charge in [-0.3, -0.25) is 4.79 Å². The fraction of sp³-hybridized carbons (Fsp3) is 0.316. The predicted octanol–water partition coefficient (Wildman–Crippen LogP) is 3.27. The van der Waals surface area contributed by atoms with Crippen molar-refractivity contribution in [3.63, 3.8) is 0 Å². The zero-order chi connectivity index (χ0) is 16.0. The van der Waals surface area contributed by atoms with Crippen LogP contribution >= 0.6 is 0 Å². The third-order valence-corrected chi connectivity index (χ3v) is 4.93. The van der Waals surface area contributed by atoms with Crippen molar-refractivity contribution < 1.29 is 14.6 Å². The van der Waals surface area contributed by atoms with Crippen LogP contribution in [0.15, 0.2) is 42.5 Å². The quantitative estimate of drug-likeness (QED) is 0.926. The molecule has 2 atom stereocenters. The second-order valence-corrected chi connectivity index (χ2v) is 6.19. The highest BCUT2D eigenvalue weighted by Crippen LogP contribution is 2.51. The number of carbonyl (C=O) groups excluding carboxylic acids is 1. The first-order valence-electron chi connectivity index (χ1n) is 7.96. The second-order valence-electron chi connectivity index (χ2n) is 6.19. The molecule has 1 N–H and O–H groups in total. The first-order valence-corrected chi connectivity index (χ1v) is 7.96. The van der Waals surface area contributed by atoms with Crippen molar-refractivity contribution in [2.45, 2.75) is 24.9 Å². The molecular formula is C19H19NO3. The van der Waals surface area contributed by atoms with Crippen LogP contribution in [0.1, 0.15) is 46.3 Å². The lowest BCUT2D eigenvalue weighted by Gasteiger charge is -2.26. The molecule has 0 fully saturated rings. The van der Waals surface area contributed by atoms with E-state index >= 15 is 0 Å². The minimum atomic E-state index is -0.511. The van der Waals surface area contributed by atoms with Crippen LogP contribution in [-0.4, -0.2) is 24.7 Å². The summed E-state index contributed by atoms with van der Waals surface area (Å²) in [5.41, 5.74) is 3.56. The van der Waals surface area contributed by atoms with Crippen LogP contribution in [0.5, 0.6) is 5.75 Å². The third kappa shape index (κ3) is 2.13. The van der Waals surface area contributed by atoms with Crippen LogP contribution in [0.4, 0.5) is 5.69 Å². The zero-order valence-electron chi connectivity index (χ0n) is 13.0. The summed E-state index contributed by atoms with van der Waals surface area (Å²) >= 11 is 0. The Kier molecular flexibility index (Phi) is 3.34. The van der Waals surface area contributed by atoms with Gasteiger partial charge in [-0.15, -0.1) is 0 Å². The Morgan fingerprint density at radius 3 is 2.65 bits per heavy atom. The van der Waals surface area contributed by atoms with Crippen LogP contribution in [-0.2, 0) is 0 Å². The van der Waals surface area contributed by atoms with Crippen LogP contribution in [0.3, 0.4) is 0 Å². The molecule has 0 spiro atoms. The lowest BCUT2D eigenvalue weighted by atomic mass is 9.82. The van der Waals surface area contributed by atoms with E-state index in [2.05, 4.69) is 0 Å². The van der Waals surface area contributed by atoms with Gasteiger partial charge in [0.05, 0.1) is 13.2 Å². The lowest BCUT2D eigenvalue weighted by Crippen LogP contribution is -2.29. The molecule has 2 aromatic rings. The van der Waals surface area contributed by atoms with Gasteiger partial charge in [0.15, 0.2) is 0 Å². The van der Waals surface area contributed by atoms with E-state index < -0.39 is 6.10 Å². The van der Waals surface area contributed by atoms with E-state index in [4.69, 9.17) is 4.74 Å². The molecule has 4 rings (SSSR count). The normalized spacial score (nSPS) is 21.9. The molecule has 1 aliphatic carbocycles. The molecule has 1 aliphatic heterocycles. The molecule has 0 aromatic heterocycles. The number of rotatable bonds is 2. The number of nitrogens with zero attached hydrogens (tertiary/aromatic N) is 1. The summed E-state index contributed by atoms with van der Waals surface area (Å²) in [6, 6.07) is 13.1. The number of anilines is 1. The molecule has 0 bridgehead atoms. The van der Waals surface area contributed by atoms with Gasteiger partial charge in [-0.2, -0.15) is 0 Å². The summed E-state index contributed by atoms with van der Waals surface area (Å²) in [5, 5.41) is 10.4. The highest BCUT2D eigenvalue weighted by atomic mass is 16.5. The van der Waals surface area contributed by atoms with Gasteiger partial charge in [0.2, 0.25) is 0 Å². The molecule has 0 saturated heterocycles. The van der Waals surface area contributed by atoms with Crippen LogP contribution in [0, 0.1) is 0 Å². The monoisotopic (exact) mass is 309 g/mol. The van der Waals surface area contributed by atoms with E-state index in [1.54, 1.807) is 7.11 Å². The van der Waals surface area contributed by atoms with Gasteiger partial charge in [-0.05, 0) is 42.7 Å². The number of amides is 1. The van der Waals surface area contributed by atoms with Crippen molar-refractivity contribution in [3.8, 4) is 5.75 Å². The number of benzene rings is 2. The Labute approximate surface area is 135 Å². The number of aliphatic hydroxyl groups is 1. The molecule has 2 aromatic carbocycles. The van der Waals surface area contributed by atoms with Crippen LogP contribution < -0.4 is 9.64 Å². The second kappa shape index (κ2) is 5.39. The largest absolute Gasteiger partial charge is 0.496 e. The molecular weight excluding hydrogens is 290 g/mol. The van der Waals surface area contributed by atoms with E-state index in [0.29, 0.717) is 18.5 Å². The average molecular weight is 309 g/mol. The molecule has 2 unspecified atom stereocenters. The SMILES string of the molecule is COc1ccc2c3c1C(O)CCC3CN2C(=O)c1ccccc1. The van der Waals surface area contributed by atoms with Gasteiger partial charge in [-0.25, -0.2) is 0 Å². The summed E-state index contributed by atoms with van der Waals surface area (Å²) in [4.78, 5) is 14.7. The van der Waals surface area contributed by atoms with Crippen LogP contribution in [0.25, 0.3) is 0 Å². The summed E-state index contributed by atoms with van der Waals surface area (Å²) in [5.74, 6) is 1.02. The number of methoxy groups -OCH3 is 1. The van der Waals surface area contributed by atoms with Crippen molar-refractivity contribution in [2.24, 2.45) is 0 Å². The van der Waals surface area contributed by atoms with E-state index in [9.17, 15) is 9.90 Å². The van der Waals surface area contributed by atoms with Crippen molar-refractivity contribution in [2.75, 3.05) is 18.6 Å². The number of carbonyl (C=O) groups is 1. The van der Waals surface area contributed by atoms with Gasteiger partial charge in [0.25, 0.3) is 5.91 Å². The fourth-order valence-corrected chi connectivity index (χ4v) is 3.87. The Morgan fingerprint density at radius 1 is 1.13 bits per heavy atom. The van der Waals surface area contributed by atoms with Crippen molar-refractivity contribution >= 4 is 11.6 Å². The highest BCUT2D eigenvalue weighted by Gasteiger charge is 2.40. The minimum absolute atomic E-state index is 0.0156. The van der Waals surface area contributed by atoms with E-state index in [1.165, 1.54) is 0 Å². The van der Waals surface area contributed by atoms with Crippen LogP contribution in [0.2, 0.25) is 0 Å². The number of ether oxygens (including phenoxy) is 1. The molecule has 118 valence electrons. The van der Waals surface area contributed by atoms with Crippen molar-refractivity contribution in [3.05, 3.63) is 59.2 Å². The Balaban J connectivity index is 1.81. The molecule has 1 amide bonds. The predicted molar refractivity (Wildman–Crippen MR) is 88.0 cm³/mol. The van der Waals surface area contributed by atoms with E-state index in [-0.39, 0.29) is 11.8 Å². The fourth-order valence-electron chi connectivity index (χ4n) is 3.87. The van der Waals surface area contributed by atoms with Gasteiger partial charge < -0.3 is 14.7 Å². The summed E-state index contributed by atoms with van der Waals surface area (Å²) in [7, 11) is 1.62. The van der Waals surface area contributed by atoms with Crippen molar-refractivity contribution in [1.29, 1.82) is 0 Å². The maximum atomic E-state index is 12.9. The smallest absolute Gasteiger partial charge is 0.258 e. The number of hydrogen-bond acceptors (Lipinski definition) is 3. The van der Waals surface area contributed by atoms with Gasteiger partial charge in [-0.1, -0.05) is 18.2 Å². The number of hydrogen-bond donors (Lipinski definition) is 1. The molecule has 4 heteroatoms. The average Bonchev–Trinajstić information content (AvgIpc) is 2.98. The lowest BCUT2D eigenvalue weighted by molar-refractivity contribution is 0.0987. The summed E-state index contributed by atoms with van der Waals surface area (Å²) in [6.45, 7) is 0.677. The van der Waals surface area contributed by atoms with E-state index in [0.717, 1.165) is 29.0 Å². The first-order chi connectivity index (χ1) is 11.2. The maximum Gasteiger partial charge on any atom is 0.258 e. The topological polar surface area (TPSA) is 49.8 Å². The molecule has 23 heavy (non-hydrogen) atoms. The number of aliphatic hydroxyl groups excluding tert-OH is 1. The third-order valence-electron chi connectivity index (χ3n) is 4.93. The molecule has 0 saturated carbocycles. The van der Waals surface area contributed by atoms with Crippen molar-refractivity contribution in [1.82, 2.24) is 0 Å². The molecule has 2 aliphatic rings. The Morgan fingerprint density at radius 2 is 1.91 bits per heavy atom. The van der Waals surface area contributed by atoms with Gasteiger partial charge in [0.1, 0.15) is 5.75 Å². The Hall–Kier alpha value is -2.33. The zero-order valence-corrected chi connectivity index (χ0v) is 13.0. The summed E-state index contributed by atoms with van der Waals surface area (Å²) < 4.78 is 5.43. The summed E-state index contributed by atoms with van der Waals surface area (Å²) in [6.07, 6.45) is 1.10. The maximum absolute atomic E-state index is 12.9. The molecule has 4 nitrogen and oxygen atoms in total. The molecule has 1 heterocycles. The highest BCUT2D eigenvalue weighted by molar-refractivity contribution is 6.07. The van der Waals surface area contributed by atoms with E-state index in [1.807, 2.05) is 47.4 Å². The van der Waals surface area contributed by atoms with Gasteiger partial charge >= 0.3 is 0 Å².